The molecular formula is C21H35N5O. The van der Waals surface area contributed by atoms with Crippen LogP contribution in [0.1, 0.15) is 37.4 Å². The van der Waals surface area contributed by atoms with E-state index in [0.717, 1.165) is 50.3 Å². The summed E-state index contributed by atoms with van der Waals surface area (Å²) in [7, 11) is 0. The number of likely N-dealkylation sites (tertiary alicyclic amines) is 1. The number of aliphatic imine (C=N–C) groups is 1. The molecule has 0 radical (unpaired) electrons. The molecule has 0 aliphatic carbocycles. The molecule has 2 aliphatic rings. The summed E-state index contributed by atoms with van der Waals surface area (Å²) in [5, 5.41) is 7.03. The standard InChI is InChI=1S/C21H35N5O/c1-3-22-21(23-10-6-18-5-4-17(2)24-14-18)25-20-7-11-26(12-8-20)15-19-9-13-27-16-19/h4-5,14,19-20H,3,6-13,15-16H2,1-2H3,(H2,22,23,25). The predicted octanol–water partition coefficient (Wildman–Crippen LogP) is 1.99. The van der Waals surface area contributed by atoms with Crippen molar-refractivity contribution in [2.45, 2.75) is 45.6 Å². The van der Waals surface area contributed by atoms with Gasteiger partial charge < -0.3 is 20.3 Å². The van der Waals surface area contributed by atoms with Crippen LogP contribution < -0.4 is 10.6 Å². The molecule has 0 saturated carbocycles. The van der Waals surface area contributed by atoms with E-state index in [-0.39, 0.29) is 0 Å². The number of pyridine rings is 1. The Balaban J connectivity index is 1.41. The number of aryl methyl sites for hydroxylation is 1. The first kappa shape index (κ1) is 20.1. The van der Waals surface area contributed by atoms with Crippen LogP contribution >= 0.6 is 0 Å². The quantitative estimate of drug-likeness (QED) is 0.565. The first-order chi connectivity index (χ1) is 13.2. The molecule has 2 N–H and O–H groups in total. The maximum atomic E-state index is 5.51. The van der Waals surface area contributed by atoms with Crippen molar-refractivity contribution >= 4 is 5.96 Å². The van der Waals surface area contributed by atoms with Gasteiger partial charge in [-0.3, -0.25) is 9.98 Å². The second kappa shape index (κ2) is 10.6. The van der Waals surface area contributed by atoms with Gasteiger partial charge >= 0.3 is 0 Å². The topological polar surface area (TPSA) is 61.8 Å². The molecule has 27 heavy (non-hydrogen) atoms. The first-order valence-electron chi connectivity index (χ1n) is 10.5. The molecule has 1 unspecified atom stereocenters. The van der Waals surface area contributed by atoms with Crippen molar-refractivity contribution in [3.8, 4) is 0 Å². The van der Waals surface area contributed by atoms with Gasteiger partial charge in [0.05, 0.1) is 6.61 Å². The maximum Gasteiger partial charge on any atom is 0.191 e. The van der Waals surface area contributed by atoms with E-state index >= 15 is 0 Å². The molecule has 3 rings (SSSR count). The number of rotatable bonds is 7. The van der Waals surface area contributed by atoms with E-state index < -0.39 is 0 Å². The Labute approximate surface area is 163 Å². The van der Waals surface area contributed by atoms with Gasteiger partial charge in [-0.25, -0.2) is 0 Å². The van der Waals surface area contributed by atoms with Gasteiger partial charge in [-0.2, -0.15) is 0 Å². The maximum absolute atomic E-state index is 5.51. The van der Waals surface area contributed by atoms with Crippen LogP contribution in [0.5, 0.6) is 0 Å². The van der Waals surface area contributed by atoms with Crippen LogP contribution in [-0.2, 0) is 11.2 Å². The summed E-state index contributed by atoms with van der Waals surface area (Å²) < 4.78 is 5.51. The smallest absolute Gasteiger partial charge is 0.191 e. The molecule has 2 fully saturated rings. The van der Waals surface area contributed by atoms with Crippen molar-refractivity contribution in [2.24, 2.45) is 10.9 Å². The van der Waals surface area contributed by atoms with Crippen LogP contribution in [0, 0.1) is 12.8 Å². The van der Waals surface area contributed by atoms with E-state index in [1.54, 1.807) is 0 Å². The minimum absolute atomic E-state index is 0.514. The number of nitrogens with zero attached hydrogens (tertiary/aromatic N) is 3. The van der Waals surface area contributed by atoms with Gasteiger partial charge in [-0.05, 0) is 57.1 Å². The number of piperidine rings is 1. The Kier molecular flexibility index (Phi) is 7.90. The van der Waals surface area contributed by atoms with Crippen LogP contribution in [0.25, 0.3) is 0 Å². The molecule has 0 spiro atoms. The van der Waals surface area contributed by atoms with E-state index in [0.29, 0.717) is 6.04 Å². The van der Waals surface area contributed by atoms with Gasteiger partial charge in [0, 0.05) is 57.3 Å². The summed E-state index contributed by atoms with van der Waals surface area (Å²) in [6.07, 6.45) is 6.47. The lowest BCUT2D eigenvalue weighted by molar-refractivity contribution is 0.150. The summed E-state index contributed by atoms with van der Waals surface area (Å²) in [4.78, 5) is 11.7. The Morgan fingerprint density at radius 3 is 2.81 bits per heavy atom. The van der Waals surface area contributed by atoms with E-state index in [1.165, 1.54) is 44.5 Å². The van der Waals surface area contributed by atoms with Gasteiger partial charge in [-0.15, -0.1) is 0 Å². The lowest BCUT2D eigenvalue weighted by atomic mass is 10.0. The number of aromatic nitrogens is 1. The van der Waals surface area contributed by atoms with Gasteiger partial charge in [0.2, 0.25) is 0 Å². The minimum atomic E-state index is 0.514. The van der Waals surface area contributed by atoms with Crippen molar-refractivity contribution in [1.82, 2.24) is 20.5 Å². The van der Waals surface area contributed by atoms with Gasteiger partial charge in [0.25, 0.3) is 0 Å². The number of ether oxygens (including phenoxy) is 1. The summed E-state index contributed by atoms with van der Waals surface area (Å²) in [5.41, 5.74) is 2.30. The second-order valence-electron chi connectivity index (χ2n) is 7.77. The number of hydrogen-bond donors (Lipinski definition) is 2. The van der Waals surface area contributed by atoms with E-state index in [1.807, 2.05) is 13.1 Å². The van der Waals surface area contributed by atoms with Crippen LogP contribution in [-0.4, -0.2) is 67.8 Å². The number of nitrogens with one attached hydrogen (secondary N) is 2. The molecule has 1 aromatic heterocycles. The van der Waals surface area contributed by atoms with Crippen LogP contribution in [0.4, 0.5) is 0 Å². The molecule has 6 heteroatoms. The first-order valence-corrected chi connectivity index (χ1v) is 10.5. The number of guanidine groups is 1. The molecule has 2 saturated heterocycles. The summed E-state index contributed by atoms with van der Waals surface area (Å²) in [6, 6.07) is 4.72. The molecule has 0 bridgehead atoms. The van der Waals surface area contributed by atoms with E-state index in [9.17, 15) is 0 Å². The highest BCUT2D eigenvalue weighted by atomic mass is 16.5. The third-order valence-electron chi connectivity index (χ3n) is 5.46. The average molecular weight is 374 g/mol. The summed E-state index contributed by atoms with van der Waals surface area (Å²) in [6.45, 7) is 11.2. The Morgan fingerprint density at radius 1 is 1.30 bits per heavy atom. The Hall–Kier alpha value is -1.66. The van der Waals surface area contributed by atoms with Crippen molar-refractivity contribution in [3.63, 3.8) is 0 Å². The Bertz CT molecular complexity index is 575. The van der Waals surface area contributed by atoms with E-state index in [2.05, 4.69) is 39.6 Å². The molecule has 3 heterocycles. The lowest BCUT2D eigenvalue weighted by Crippen LogP contribution is -2.49. The third kappa shape index (κ3) is 6.78. The average Bonchev–Trinajstić information content (AvgIpc) is 3.18. The molecule has 150 valence electrons. The zero-order valence-electron chi connectivity index (χ0n) is 16.9. The minimum Gasteiger partial charge on any atom is -0.381 e. The molecular weight excluding hydrogens is 338 g/mol. The molecule has 6 nitrogen and oxygen atoms in total. The van der Waals surface area contributed by atoms with Crippen LogP contribution in [0.15, 0.2) is 23.3 Å². The van der Waals surface area contributed by atoms with Crippen molar-refractivity contribution in [2.75, 3.05) is 45.9 Å². The van der Waals surface area contributed by atoms with Crippen LogP contribution in [0.2, 0.25) is 0 Å². The molecule has 2 aliphatic heterocycles. The summed E-state index contributed by atoms with van der Waals surface area (Å²) in [5.74, 6) is 1.69. The Morgan fingerprint density at radius 2 is 2.15 bits per heavy atom. The lowest BCUT2D eigenvalue weighted by Gasteiger charge is -2.34. The van der Waals surface area contributed by atoms with Gasteiger partial charge in [0.15, 0.2) is 5.96 Å². The van der Waals surface area contributed by atoms with Gasteiger partial charge in [-0.1, -0.05) is 6.07 Å². The molecule has 1 aromatic rings. The van der Waals surface area contributed by atoms with Gasteiger partial charge in [0.1, 0.15) is 0 Å². The zero-order valence-corrected chi connectivity index (χ0v) is 16.9. The zero-order chi connectivity index (χ0) is 18.9. The largest absolute Gasteiger partial charge is 0.381 e. The van der Waals surface area contributed by atoms with Crippen molar-refractivity contribution in [3.05, 3.63) is 29.6 Å². The van der Waals surface area contributed by atoms with E-state index in [4.69, 9.17) is 9.73 Å². The molecule has 0 aromatic carbocycles. The van der Waals surface area contributed by atoms with Crippen molar-refractivity contribution < 1.29 is 4.74 Å². The monoisotopic (exact) mass is 373 g/mol. The highest BCUT2D eigenvalue weighted by Crippen LogP contribution is 2.17. The highest BCUT2D eigenvalue weighted by molar-refractivity contribution is 5.80. The predicted molar refractivity (Wildman–Crippen MR) is 110 cm³/mol. The highest BCUT2D eigenvalue weighted by Gasteiger charge is 2.24. The number of hydrogen-bond acceptors (Lipinski definition) is 4. The fourth-order valence-corrected chi connectivity index (χ4v) is 3.81. The third-order valence-corrected chi connectivity index (χ3v) is 5.46. The van der Waals surface area contributed by atoms with Crippen LogP contribution in [0.3, 0.4) is 0 Å². The molecule has 0 amide bonds. The summed E-state index contributed by atoms with van der Waals surface area (Å²) >= 11 is 0. The second-order valence-corrected chi connectivity index (χ2v) is 7.77. The fourth-order valence-electron chi connectivity index (χ4n) is 3.81. The fraction of sp³-hybridized carbons (Fsp3) is 0.714. The SMILES string of the molecule is CCNC(=NCCc1ccc(C)nc1)NC1CCN(CC2CCOC2)CC1. The van der Waals surface area contributed by atoms with Crippen molar-refractivity contribution in [1.29, 1.82) is 0 Å². The normalized spacial score (nSPS) is 22.1. The molecule has 1 atom stereocenters.